The number of amides is 3. The van der Waals surface area contributed by atoms with Gasteiger partial charge in [-0.1, -0.05) is 6.07 Å². The monoisotopic (exact) mass is 507 g/mol. The number of carbonyl (C=O) groups is 3. The van der Waals surface area contributed by atoms with Crippen LogP contribution in [0.2, 0.25) is 0 Å². The van der Waals surface area contributed by atoms with Crippen molar-refractivity contribution < 1.29 is 23.9 Å². The van der Waals surface area contributed by atoms with Crippen molar-refractivity contribution in [3.8, 4) is 11.8 Å². The Bertz CT molecular complexity index is 1240. The first-order chi connectivity index (χ1) is 17.8. The van der Waals surface area contributed by atoms with E-state index in [1.54, 1.807) is 24.1 Å². The van der Waals surface area contributed by atoms with Crippen LogP contribution >= 0.6 is 0 Å². The number of anilines is 2. The van der Waals surface area contributed by atoms with Crippen LogP contribution in [0.25, 0.3) is 0 Å². The van der Waals surface area contributed by atoms with E-state index in [4.69, 9.17) is 9.47 Å². The minimum absolute atomic E-state index is 0.0146. The van der Waals surface area contributed by atoms with E-state index in [1.807, 2.05) is 18.0 Å². The van der Waals surface area contributed by atoms with Crippen LogP contribution in [0.1, 0.15) is 34.5 Å². The van der Waals surface area contributed by atoms with Gasteiger partial charge >= 0.3 is 6.03 Å². The summed E-state index contributed by atoms with van der Waals surface area (Å²) in [6.07, 6.45) is 3.57. The molecule has 0 spiro atoms. The molecule has 1 saturated heterocycles. The number of pyridine rings is 2. The Morgan fingerprint density at radius 1 is 1.35 bits per heavy atom. The maximum Gasteiger partial charge on any atom is 0.328 e. The molecule has 0 bridgehead atoms. The number of aldehydes is 1. The van der Waals surface area contributed by atoms with Crippen molar-refractivity contribution in [2.45, 2.75) is 25.0 Å². The molecule has 12 heteroatoms. The minimum atomic E-state index is -0.549. The van der Waals surface area contributed by atoms with Gasteiger partial charge in [0.2, 0.25) is 5.91 Å². The molecule has 0 atom stereocenters. The zero-order chi connectivity index (χ0) is 26.6. The zero-order valence-corrected chi connectivity index (χ0v) is 21.1. The number of rotatable bonds is 9. The topological polar surface area (TPSA) is 141 Å². The number of aromatic nitrogens is 2. The number of nitrogens with one attached hydrogen (secondary N) is 1. The van der Waals surface area contributed by atoms with Gasteiger partial charge < -0.3 is 14.4 Å². The number of urea groups is 1. The number of nitriles is 1. The van der Waals surface area contributed by atoms with Gasteiger partial charge in [0.1, 0.15) is 40.3 Å². The number of nitrogens with zero attached hydrogens (tertiary/aromatic N) is 6. The van der Waals surface area contributed by atoms with Gasteiger partial charge in [-0.3, -0.25) is 24.7 Å². The standard InChI is InChI=1S/C25H29N7O5/c1-30-8-9-32(23(34)14-30)13-17-4-5-22(28-19(17)15-33)31(2)24(35)29-21-10-20(18(11-26)12-27-21)37-25(6-7-25)16-36-3/h4-5,10,12,15H,6-9,13-14,16H2,1-3H3,(H,27,29,35). The fraction of sp³-hybridized carbons (Fsp3) is 0.440. The van der Waals surface area contributed by atoms with Gasteiger partial charge in [-0.05, 0) is 26.0 Å². The first-order valence-corrected chi connectivity index (χ1v) is 11.8. The van der Waals surface area contributed by atoms with Gasteiger partial charge in [0.15, 0.2) is 6.29 Å². The van der Waals surface area contributed by atoms with Crippen LogP contribution in [0.3, 0.4) is 0 Å². The Hall–Kier alpha value is -4.08. The summed E-state index contributed by atoms with van der Waals surface area (Å²) in [5, 5.41) is 12.1. The van der Waals surface area contributed by atoms with Gasteiger partial charge in [0, 0.05) is 45.4 Å². The Balaban J connectivity index is 1.45. The van der Waals surface area contributed by atoms with Crippen molar-refractivity contribution in [1.29, 1.82) is 5.26 Å². The van der Waals surface area contributed by atoms with Crippen molar-refractivity contribution in [2.75, 3.05) is 57.7 Å². The summed E-state index contributed by atoms with van der Waals surface area (Å²) >= 11 is 0. The fourth-order valence-electron chi connectivity index (χ4n) is 4.00. The quantitative estimate of drug-likeness (QED) is 0.502. The molecule has 12 nitrogen and oxygen atoms in total. The summed E-state index contributed by atoms with van der Waals surface area (Å²) in [6, 6.07) is 6.31. The summed E-state index contributed by atoms with van der Waals surface area (Å²) < 4.78 is 11.2. The molecule has 3 amide bonds. The highest BCUT2D eigenvalue weighted by Crippen LogP contribution is 2.41. The van der Waals surface area contributed by atoms with Gasteiger partial charge in [0.25, 0.3) is 0 Å². The Morgan fingerprint density at radius 3 is 2.78 bits per heavy atom. The molecule has 2 fully saturated rings. The van der Waals surface area contributed by atoms with Crippen LogP contribution < -0.4 is 15.0 Å². The van der Waals surface area contributed by atoms with E-state index < -0.39 is 11.6 Å². The number of piperazine rings is 1. The predicted octanol–water partition coefficient (Wildman–Crippen LogP) is 1.66. The van der Waals surface area contributed by atoms with Gasteiger partial charge in [-0.2, -0.15) is 5.26 Å². The highest BCUT2D eigenvalue weighted by atomic mass is 16.5. The van der Waals surface area contributed by atoms with E-state index >= 15 is 0 Å². The van der Waals surface area contributed by atoms with Crippen LogP contribution in [-0.2, 0) is 16.1 Å². The average molecular weight is 508 g/mol. The molecule has 0 aromatic carbocycles. The maximum absolute atomic E-state index is 12.9. The summed E-state index contributed by atoms with van der Waals surface area (Å²) in [4.78, 5) is 50.3. The molecule has 1 N–H and O–H groups in total. The molecule has 0 radical (unpaired) electrons. The molecule has 4 rings (SSSR count). The van der Waals surface area contributed by atoms with Crippen molar-refractivity contribution in [1.82, 2.24) is 19.8 Å². The SMILES string of the molecule is COCC1(Oc2cc(NC(=O)N(C)c3ccc(CN4CCN(C)CC4=O)c(C=O)n3)ncc2C#N)CC1. The van der Waals surface area contributed by atoms with Gasteiger partial charge in [-0.25, -0.2) is 14.8 Å². The number of likely N-dealkylation sites (N-methyl/N-ethyl adjacent to an activating group) is 1. The van der Waals surface area contributed by atoms with Gasteiger partial charge in [-0.15, -0.1) is 0 Å². The van der Waals surface area contributed by atoms with E-state index in [1.165, 1.54) is 24.2 Å². The lowest BCUT2D eigenvalue weighted by Crippen LogP contribution is -2.48. The minimum Gasteiger partial charge on any atom is -0.483 e. The van der Waals surface area contributed by atoms with Crippen molar-refractivity contribution >= 4 is 29.9 Å². The fourth-order valence-corrected chi connectivity index (χ4v) is 4.00. The van der Waals surface area contributed by atoms with Crippen LogP contribution in [0.4, 0.5) is 16.4 Å². The Kier molecular flexibility index (Phi) is 7.66. The molecule has 1 aliphatic heterocycles. The molecule has 1 saturated carbocycles. The zero-order valence-electron chi connectivity index (χ0n) is 21.1. The predicted molar refractivity (Wildman–Crippen MR) is 133 cm³/mol. The maximum atomic E-state index is 12.9. The number of hydrogen-bond acceptors (Lipinski definition) is 9. The van der Waals surface area contributed by atoms with E-state index in [2.05, 4.69) is 15.3 Å². The molecule has 3 heterocycles. The lowest BCUT2D eigenvalue weighted by molar-refractivity contribution is -0.136. The second-order valence-corrected chi connectivity index (χ2v) is 9.27. The third kappa shape index (κ3) is 6.02. The van der Waals surface area contributed by atoms with Crippen LogP contribution in [-0.4, -0.2) is 91.0 Å². The summed E-state index contributed by atoms with van der Waals surface area (Å²) in [6.45, 7) is 2.31. The van der Waals surface area contributed by atoms with Crippen LogP contribution in [0.5, 0.6) is 5.75 Å². The van der Waals surface area contributed by atoms with Crippen molar-refractivity contribution in [2.24, 2.45) is 0 Å². The summed E-state index contributed by atoms with van der Waals surface area (Å²) in [5.41, 5.74) is 0.543. The molecule has 2 aromatic heterocycles. The normalized spacial score (nSPS) is 16.6. The first-order valence-electron chi connectivity index (χ1n) is 11.8. The molecular formula is C25H29N7O5. The highest BCUT2D eigenvalue weighted by Gasteiger charge is 2.46. The molecule has 37 heavy (non-hydrogen) atoms. The number of hydrogen-bond donors (Lipinski definition) is 1. The molecular weight excluding hydrogens is 478 g/mol. The van der Waals surface area contributed by atoms with E-state index in [-0.39, 0.29) is 35.3 Å². The Morgan fingerprint density at radius 2 is 2.14 bits per heavy atom. The van der Waals surface area contributed by atoms with Crippen molar-refractivity contribution in [3.63, 3.8) is 0 Å². The lowest BCUT2D eigenvalue weighted by Gasteiger charge is -2.32. The average Bonchev–Trinajstić information content (AvgIpc) is 3.64. The molecule has 194 valence electrons. The lowest BCUT2D eigenvalue weighted by atomic mass is 10.1. The number of ether oxygens (including phenoxy) is 2. The molecule has 1 aliphatic carbocycles. The van der Waals surface area contributed by atoms with Crippen molar-refractivity contribution in [3.05, 3.63) is 41.2 Å². The molecule has 2 aliphatic rings. The number of methoxy groups -OCH3 is 1. The second-order valence-electron chi connectivity index (χ2n) is 9.27. The number of carbonyl (C=O) groups excluding carboxylic acids is 3. The third-order valence-corrected chi connectivity index (χ3v) is 6.39. The summed E-state index contributed by atoms with van der Waals surface area (Å²) in [5.74, 6) is 0.739. The van der Waals surface area contributed by atoms with E-state index in [9.17, 15) is 19.6 Å². The molecule has 2 aromatic rings. The van der Waals surface area contributed by atoms with E-state index in [0.29, 0.717) is 37.3 Å². The van der Waals surface area contributed by atoms with Crippen LogP contribution in [0, 0.1) is 11.3 Å². The third-order valence-electron chi connectivity index (χ3n) is 6.39. The van der Waals surface area contributed by atoms with Gasteiger partial charge in [0.05, 0.1) is 19.3 Å². The van der Waals surface area contributed by atoms with E-state index in [0.717, 1.165) is 19.4 Å². The second kappa shape index (κ2) is 10.9. The molecule has 0 unspecified atom stereocenters. The summed E-state index contributed by atoms with van der Waals surface area (Å²) in [7, 11) is 4.98. The Labute approximate surface area is 214 Å². The first kappa shape index (κ1) is 26.0. The largest absolute Gasteiger partial charge is 0.483 e. The highest BCUT2D eigenvalue weighted by molar-refractivity contribution is 6.00. The smallest absolute Gasteiger partial charge is 0.328 e. The van der Waals surface area contributed by atoms with Crippen LogP contribution in [0.15, 0.2) is 24.4 Å².